The monoisotopic (exact) mass is 341 g/mol. The fraction of sp³-hybridized carbons (Fsp3) is 0.400. The van der Waals surface area contributed by atoms with Crippen LogP contribution in [0.25, 0.3) is 0 Å². The lowest BCUT2D eigenvalue weighted by Crippen LogP contribution is -2.34. The standard InChI is InChI=1S/C10H16ClN3O4S2/c1-7-9(12)5-8(11)6-10(7)20(17,18)14-4-3-13-19(2,15)16/h5-6,13-14H,3-4,12H2,1-2H3. The van der Waals surface area contributed by atoms with Crippen molar-refractivity contribution in [1.29, 1.82) is 0 Å². The molecule has 114 valence electrons. The van der Waals surface area contributed by atoms with Crippen LogP contribution in [0.5, 0.6) is 0 Å². The van der Waals surface area contributed by atoms with Gasteiger partial charge in [-0.2, -0.15) is 0 Å². The Hall–Kier alpha value is -0.870. The van der Waals surface area contributed by atoms with Crippen molar-refractivity contribution in [3.63, 3.8) is 0 Å². The van der Waals surface area contributed by atoms with Crippen LogP contribution >= 0.6 is 11.6 Å². The van der Waals surface area contributed by atoms with Crippen molar-refractivity contribution in [3.8, 4) is 0 Å². The van der Waals surface area contributed by atoms with Crippen LogP contribution in [-0.4, -0.2) is 36.2 Å². The molecular weight excluding hydrogens is 326 g/mol. The number of nitrogens with one attached hydrogen (secondary N) is 2. The average Bonchev–Trinajstić information content (AvgIpc) is 2.28. The number of nitrogens with two attached hydrogens (primary N) is 1. The lowest BCUT2D eigenvalue weighted by molar-refractivity contribution is 0.573. The van der Waals surface area contributed by atoms with E-state index in [-0.39, 0.29) is 28.7 Å². The molecule has 0 fully saturated rings. The van der Waals surface area contributed by atoms with Crippen LogP contribution in [0.15, 0.2) is 17.0 Å². The van der Waals surface area contributed by atoms with Crippen LogP contribution in [0.2, 0.25) is 5.02 Å². The molecule has 0 radical (unpaired) electrons. The van der Waals surface area contributed by atoms with Gasteiger partial charge in [-0.25, -0.2) is 26.3 Å². The second-order valence-corrected chi connectivity index (χ2v) is 8.19. The Morgan fingerprint density at radius 2 is 1.70 bits per heavy atom. The highest BCUT2D eigenvalue weighted by Gasteiger charge is 2.18. The summed E-state index contributed by atoms with van der Waals surface area (Å²) in [6.45, 7) is 1.43. The van der Waals surface area contributed by atoms with Gasteiger partial charge in [0, 0.05) is 23.8 Å². The molecule has 0 amide bonds. The van der Waals surface area contributed by atoms with Crippen LogP contribution in [0.4, 0.5) is 5.69 Å². The van der Waals surface area contributed by atoms with Crippen molar-refractivity contribution >= 4 is 37.3 Å². The van der Waals surface area contributed by atoms with Gasteiger partial charge in [0.25, 0.3) is 0 Å². The summed E-state index contributed by atoms with van der Waals surface area (Å²) >= 11 is 5.79. The Balaban J connectivity index is 2.85. The molecule has 0 bridgehead atoms. The maximum atomic E-state index is 12.1. The van der Waals surface area contributed by atoms with E-state index in [1.807, 2.05) is 0 Å². The second kappa shape index (κ2) is 6.27. The zero-order chi connectivity index (χ0) is 15.6. The number of nitrogen functional groups attached to an aromatic ring is 1. The van der Waals surface area contributed by atoms with E-state index >= 15 is 0 Å². The molecule has 0 aromatic heterocycles. The molecule has 0 aliphatic heterocycles. The third-order valence-corrected chi connectivity index (χ3v) is 4.97. The molecule has 20 heavy (non-hydrogen) atoms. The summed E-state index contributed by atoms with van der Waals surface area (Å²) < 4.78 is 50.3. The van der Waals surface area contributed by atoms with Gasteiger partial charge in [-0.15, -0.1) is 0 Å². The molecule has 0 saturated heterocycles. The van der Waals surface area contributed by atoms with Gasteiger partial charge in [-0.05, 0) is 24.6 Å². The molecule has 0 heterocycles. The first kappa shape index (κ1) is 17.2. The molecule has 0 saturated carbocycles. The summed E-state index contributed by atoms with van der Waals surface area (Å²) in [5, 5.41) is 0.211. The first-order valence-electron chi connectivity index (χ1n) is 5.53. The van der Waals surface area contributed by atoms with E-state index in [4.69, 9.17) is 17.3 Å². The normalized spacial score (nSPS) is 12.6. The fourth-order valence-electron chi connectivity index (χ4n) is 1.45. The van der Waals surface area contributed by atoms with E-state index in [2.05, 4.69) is 9.44 Å². The lowest BCUT2D eigenvalue weighted by Gasteiger charge is -2.11. The summed E-state index contributed by atoms with van der Waals surface area (Å²) in [6.07, 6.45) is 0.989. The van der Waals surface area contributed by atoms with Crippen LogP contribution in [0.1, 0.15) is 5.56 Å². The number of sulfonamides is 2. The topological polar surface area (TPSA) is 118 Å². The minimum atomic E-state index is -3.80. The highest BCUT2D eigenvalue weighted by Crippen LogP contribution is 2.25. The third-order valence-electron chi connectivity index (χ3n) is 2.44. The van der Waals surface area contributed by atoms with Gasteiger partial charge in [0.05, 0.1) is 11.2 Å². The molecular formula is C10H16ClN3O4S2. The predicted octanol–water partition coefficient (Wildman–Crippen LogP) is 0.0581. The van der Waals surface area contributed by atoms with E-state index in [0.29, 0.717) is 5.56 Å². The third kappa shape index (κ3) is 4.91. The van der Waals surface area contributed by atoms with Gasteiger partial charge in [-0.3, -0.25) is 0 Å². The highest BCUT2D eigenvalue weighted by atomic mass is 35.5. The summed E-state index contributed by atoms with van der Waals surface area (Å²) in [5.74, 6) is 0. The molecule has 1 aromatic rings. The maximum Gasteiger partial charge on any atom is 0.241 e. The van der Waals surface area contributed by atoms with Gasteiger partial charge in [0.15, 0.2) is 0 Å². The number of anilines is 1. The predicted molar refractivity (Wildman–Crippen MR) is 78.6 cm³/mol. The molecule has 7 nitrogen and oxygen atoms in total. The van der Waals surface area contributed by atoms with Gasteiger partial charge in [0.1, 0.15) is 0 Å². The van der Waals surface area contributed by atoms with E-state index in [9.17, 15) is 16.8 Å². The smallest absolute Gasteiger partial charge is 0.241 e. The lowest BCUT2D eigenvalue weighted by atomic mass is 10.2. The molecule has 1 aromatic carbocycles. The van der Waals surface area contributed by atoms with E-state index < -0.39 is 20.0 Å². The Bertz CT molecular complexity index is 701. The zero-order valence-electron chi connectivity index (χ0n) is 11.0. The largest absolute Gasteiger partial charge is 0.398 e. The summed E-state index contributed by atoms with van der Waals surface area (Å²) in [4.78, 5) is -0.0261. The first-order valence-corrected chi connectivity index (χ1v) is 9.28. The maximum absolute atomic E-state index is 12.1. The quantitative estimate of drug-likeness (QED) is 0.499. The molecule has 10 heteroatoms. The Morgan fingerprint density at radius 1 is 1.15 bits per heavy atom. The van der Waals surface area contributed by atoms with Crippen molar-refractivity contribution in [2.24, 2.45) is 0 Å². The molecule has 0 unspecified atom stereocenters. The summed E-state index contributed by atoms with van der Waals surface area (Å²) in [6, 6.07) is 2.75. The number of benzene rings is 1. The molecule has 0 atom stereocenters. The van der Waals surface area contributed by atoms with Gasteiger partial charge >= 0.3 is 0 Å². The van der Waals surface area contributed by atoms with E-state index in [1.54, 1.807) is 6.92 Å². The molecule has 0 aliphatic rings. The number of halogens is 1. The summed E-state index contributed by atoms with van der Waals surface area (Å²) in [5.41, 5.74) is 6.32. The van der Waals surface area contributed by atoms with Crippen LogP contribution in [-0.2, 0) is 20.0 Å². The van der Waals surface area contributed by atoms with Gasteiger partial charge in [-0.1, -0.05) is 11.6 Å². The van der Waals surface area contributed by atoms with Crippen molar-refractivity contribution in [3.05, 3.63) is 22.7 Å². The van der Waals surface area contributed by atoms with Gasteiger partial charge < -0.3 is 5.73 Å². The average molecular weight is 342 g/mol. The Morgan fingerprint density at radius 3 is 2.25 bits per heavy atom. The minimum Gasteiger partial charge on any atom is -0.398 e. The highest BCUT2D eigenvalue weighted by molar-refractivity contribution is 7.89. The Kier molecular flexibility index (Phi) is 5.39. The molecule has 0 aliphatic carbocycles. The summed E-state index contributed by atoms with van der Waals surface area (Å²) in [7, 11) is -7.16. The fourth-order valence-corrected chi connectivity index (χ4v) is 3.55. The van der Waals surface area contributed by atoms with E-state index in [0.717, 1.165) is 6.26 Å². The van der Waals surface area contributed by atoms with Gasteiger partial charge in [0.2, 0.25) is 20.0 Å². The van der Waals surface area contributed by atoms with Crippen LogP contribution < -0.4 is 15.2 Å². The van der Waals surface area contributed by atoms with Crippen LogP contribution in [0.3, 0.4) is 0 Å². The SMILES string of the molecule is Cc1c(N)cc(Cl)cc1S(=O)(=O)NCCNS(C)(=O)=O. The van der Waals surface area contributed by atoms with Crippen molar-refractivity contribution in [2.75, 3.05) is 25.1 Å². The molecule has 0 spiro atoms. The first-order chi connectivity index (χ1) is 9.03. The van der Waals surface area contributed by atoms with E-state index in [1.165, 1.54) is 12.1 Å². The minimum absolute atomic E-state index is 0.0261. The van der Waals surface area contributed by atoms with Crippen molar-refractivity contribution in [2.45, 2.75) is 11.8 Å². The van der Waals surface area contributed by atoms with Crippen molar-refractivity contribution in [1.82, 2.24) is 9.44 Å². The second-order valence-electron chi connectivity index (χ2n) is 4.18. The number of hydrogen-bond donors (Lipinski definition) is 3. The zero-order valence-corrected chi connectivity index (χ0v) is 13.4. The molecule has 4 N–H and O–H groups in total. The molecule has 1 rings (SSSR count). The van der Waals surface area contributed by atoms with Crippen molar-refractivity contribution < 1.29 is 16.8 Å². The Labute approximate surface area is 123 Å². The number of hydrogen-bond acceptors (Lipinski definition) is 5. The van der Waals surface area contributed by atoms with Crippen LogP contribution in [0, 0.1) is 6.92 Å². The number of rotatable bonds is 6.